The van der Waals surface area contributed by atoms with E-state index in [0.29, 0.717) is 11.6 Å². The smallest absolute Gasteiger partial charge is 0.241 e. The molecular formula is C17H19N3O. The van der Waals surface area contributed by atoms with Gasteiger partial charge in [-0.05, 0) is 17.9 Å². The van der Waals surface area contributed by atoms with Crippen molar-refractivity contribution in [1.29, 1.82) is 0 Å². The maximum atomic E-state index is 6.17. The minimum atomic E-state index is 0.606. The maximum Gasteiger partial charge on any atom is 0.241 e. The summed E-state index contributed by atoms with van der Waals surface area (Å²) in [5, 5.41) is 6.65. The van der Waals surface area contributed by atoms with Gasteiger partial charge in [-0.2, -0.15) is 5.10 Å². The Morgan fingerprint density at radius 1 is 1.14 bits per heavy atom. The van der Waals surface area contributed by atoms with Crippen molar-refractivity contribution < 1.29 is 4.74 Å². The second-order valence-electron chi connectivity index (χ2n) is 5.12. The zero-order chi connectivity index (χ0) is 14.8. The first-order valence-corrected chi connectivity index (χ1v) is 7.17. The largest absolute Gasteiger partial charge is 0.437 e. The van der Waals surface area contributed by atoms with Crippen LogP contribution in [0, 0.1) is 0 Å². The third-order valence-corrected chi connectivity index (χ3v) is 3.55. The predicted octanol–water partition coefficient (Wildman–Crippen LogP) is 3.90. The van der Waals surface area contributed by atoms with Crippen molar-refractivity contribution in [3.8, 4) is 11.6 Å². The Morgan fingerprint density at radius 2 is 1.90 bits per heavy atom. The highest BCUT2D eigenvalue weighted by Crippen LogP contribution is 2.34. The number of hydrogen-bond acceptors (Lipinski definition) is 3. The van der Waals surface area contributed by atoms with E-state index in [1.54, 1.807) is 4.68 Å². The van der Waals surface area contributed by atoms with Crippen molar-refractivity contribution in [1.82, 2.24) is 9.78 Å². The van der Waals surface area contributed by atoms with Crippen LogP contribution in [0.15, 0.2) is 42.5 Å². The van der Waals surface area contributed by atoms with Gasteiger partial charge in [0.1, 0.15) is 11.4 Å². The molecule has 3 rings (SSSR count). The molecule has 21 heavy (non-hydrogen) atoms. The molecule has 2 aromatic carbocycles. The van der Waals surface area contributed by atoms with E-state index in [1.165, 1.54) is 0 Å². The molecule has 4 heteroatoms. The molecule has 4 nitrogen and oxygen atoms in total. The molecule has 0 fully saturated rings. The van der Waals surface area contributed by atoms with Crippen LogP contribution >= 0.6 is 0 Å². The third-order valence-electron chi connectivity index (χ3n) is 3.55. The van der Waals surface area contributed by atoms with Crippen molar-refractivity contribution in [2.75, 3.05) is 5.73 Å². The number of benzene rings is 2. The lowest BCUT2D eigenvalue weighted by Gasteiger charge is -2.09. The average Bonchev–Trinajstić information content (AvgIpc) is 2.76. The van der Waals surface area contributed by atoms with Crippen LogP contribution < -0.4 is 10.5 Å². The number of nitrogens with two attached hydrogens (primary N) is 1. The summed E-state index contributed by atoms with van der Waals surface area (Å²) in [7, 11) is 1.86. The van der Waals surface area contributed by atoms with E-state index < -0.39 is 0 Å². The highest BCUT2D eigenvalue weighted by atomic mass is 16.5. The summed E-state index contributed by atoms with van der Waals surface area (Å²) in [6, 6.07) is 14.1. The van der Waals surface area contributed by atoms with E-state index in [9.17, 15) is 0 Å². The van der Waals surface area contributed by atoms with Crippen molar-refractivity contribution in [2.45, 2.75) is 19.8 Å². The summed E-state index contributed by atoms with van der Waals surface area (Å²) in [4.78, 5) is 0. The van der Waals surface area contributed by atoms with Gasteiger partial charge in [0.25, 0.3) is 0 Å². The van der Waals surface area contributed by atoms with Crippen LogP contribution in [0.25, 0.3) is 10.8 Å². The van der Waals surface area contributed by atoms with Gasteiger partial charge in [0.15, 0.2) is 0 Å². The molecule has 108 valence electrons. The van der Waals surface area contributed by atoms with Crippen LogP contribution in [0.5, 0.6) is 11.6 Å². The lowest BCUT2D eigenvalue weighted by Crippen LogP contribution is -1.97. The maximum absolute atomic E-state index is 6.17. The molecule has 0 aliphatic rings. The number of nitrogens with zero attached hydrogens (tertiary/aromatic N) is 2. The van der Waals surface area contributed by atoms with Gasteiger partial charge in [-0.15, -0.1) is 0 Å². The zero-order valence-corrected chi connectivity index (χ0v) is 12.3. The van der Waals surface area contributed by atoms with Gasteiger partial charge in [0.2, 0.25) is 5.88 Å². The summed E-state index contributed by atoms with van der Waals surface area (Å²) in [5.41, 5.74) is 7.70. The molecule has 2 N–H and O–H groups in total. The number of aromatic nitrogens is 2. The van der Waals surface area contributed by atoms with Crippen LogP contribution in [0.1, 0.15) is 19.0 Å². The molecule has 0 bridgehead atoms. The topological polar surface area (TPSA) is 53.1 Å². The van der Waals surface area contributed by atoms with E-state index in [-0.39, 0.29) is 0 Å². The monoisotopic (exact) mass is 281 g/mol. The molecule has 0 aliphatic heterocycles. The molecule has 0 radical (unpaired) electrons. The van der Waals surface area contributed by atoms with Gasteiger partial charge < -0.3 is 10.5 Å². The highest BCUT2D eigenvalue weighted by Gasteiger charge is 2.15. The van der Waals surface area contributed by atoms with Gasteiger partial charge in [0.05, 0.1) is 5.69 Å². The average molecular weight is 281 g/mol. The lowest BCUT2D eigenvalue weighted by atomic mass is 10.1. The van der Waals surface area contributed by atoms with E-state index in [2.05, 4.69) is 24.2 Å². The normalized spacial score (nSPS) is 11.0. The Labute approximate surface area is 124 Å². The Hall–Kier alpha value is -2.49. The number of rotatable bonds is 4. The molecule has 0 saturated carbocycles. The Balaban J connectivity index is 2.03. The molecule has 0 spiro atoms. The number of nitrogen functional groups attached to an aromatic ring is 1. The zero-order valence-electron chi connectivity index (χ0n) is 12.3. The lowest BCUT2D eigenvalue weighted by molar-refractivity contribution is 0.437. The summed E-state index contributed by atoms with van der Waals surface area (Å²) >= 11 is 0. The number of aryl methyl sites for hydroxylation is 2. The summed E-state index contributed by atoms with van der Waals surface area (Å²) in [5.74, 6) is 1.40. The fourth-order valence-corrected chi connectivity index (χ4v) is 2.51. The van der Waals surface area contributed by atoms with Crippen molar-refractivity contribution in [3.05, 3.63) is 48.2 Å². The SMILES string of the molecule is CCCc1nn(C)c(Oc2cccc3ccccc23)c1N. The first-order chi connectivity index (χ1) is 10.2. The quantitative estimate of drug-likeness (QED) is 0.789. The van der Waals surface area contributed by atoms with Crippen molar-refractivity contribution >= 4 is 16.5 Å². The van der Waals surface area contributed by atoms with Gasteiger partial charge in [-0.3, -0.25) is 0 Å². The number of fused-ring (bicyclic) bond motifs is 1. The standard InChI is InChI=1S/C17H19N3O/c1-3-7-14-16(18)17(20(2)19-14)21-15-11-6-9-12-8-4-5-10-13(12)15/h4-6,8-11H,3,7,18H2,1-2H3. The molecule has 1 aromatic heterocycles. The summed E-state index contributed by atoms with van der Waals surface area (Å²) < 4.78 is 7.77. The molecular weight excluding hydrogens is 262 g/mol. The summed E-state index contributed by atoms with van der Waals surface area (Å²) in [6.45, 7) is 2.11. The minimum Gasteiger partial charge on any atom is -0.437 e. The van der Waals surface area contributed by atoms with E-state index >= 15 is 0 Å². The molecule has 3 aromatic rings. The highest BCUT2D eigenvalue weighted by molar-refractivity contribution is 5.88. The molecule has 1 heterocycles. The number of hydrogen-bond donors (Lipinski definition) is 1. The van der Waals surface area contributed by atoms with E-state index in [1.807, 2.05) is 37.4 Å². The van der Waals surface area contributed by atoms with Crippen LogP contribution in [0.4, 0.5) is 5.69 Å². The second-order valence-corrected chi connectivity index (χ2v) is 5.12. The van der Waals surface area contributed by atoms with Crippen molar-refractivity contribution in [2.24, 2.45) is 7.05 Å². The first kappa shape index (κ1) is 13.5. The van der Waals surface area contributed by atoms with Gasteiger partial charge in [-0.1, -0.05) is 49.7 Å². The van der Waals surface area contributed by atoms with E-state index in [0.717, 1.165) is 35.1 Å². The Kier molecular flexibility index (Phi) is 3.52. The van der Waals surface area contributed by atoms with Crippen LogP contribution in [-0.4, -0.2) is 9.78 Å². The Bertz CT molecular complexity index is 772. The number of ether oxygens (including phenoxy) is 1. The van der Waals surface area contributed by atoms with E-state index in [4.69, 9.17) is 10.5 Å². The van der Waals surface area contributed by atoms with Gasteiger partial charge in [0, 0.05) is 12.4 Å². The van der Waals surface area contributed by atoms with Gasteiger partial charge >= 0.3 is 0 Å². The van der Waals surface area contributed by atoms with Crippen LogP contribution in [-0.2, 0) is 13.5 Å². The van der Waals surface area contributed by atoms with Gasteiger partial charge in [-0.25, -0.2) is 4.68 Å². The molecule has 0 unspecified atom stereocenters. The first-order valence-electron chi connectivity index (χ1n) is 7.17. The fraction of sp³-hybridized carbons (Fsp3) is 0.235. The van der Waals surface area contributed by atoms with Crippen LogP contribution in [0.3, 0.4) is 0 Å². The Morgan fingerprint density at radius 3 is 2.71 bits per heavy atom. The minimum absolute atomic E-state index is 0.606. The summed E-state index contributed by atoms with van der Waals surface area (Å²) in [6.07, 6.45) is 1.87. The number of anilines is 1. The predicted molar refractivity (Wildman–Crippen MR) is 85.6 cm³/mol. The molecule has 0 aliphatic carbocycles. The molecule has 0 amide bonds. The molecule has 0 saturated heterocycles. The second kappa shape index (κ2) is 5.48. The van der Waals surface area contributed by atoms with Crippen LogP contribution in [0.2, 0.25) is 0 Å². The third kappa shape index (κ3) is 2.44. The van der Waals surface area contributed by atoms with Crippen molar-refractivity contribution in [3.63, 3.8) is 0 Å². The molecule has 0 atom stereocenters. The fourth-order valence-electron chi connectivity index (χ4n) is 2.51.